The topological polar surface area (TPSA) is 70.7 Å². The van der Waals surface area contributed by atoms with Gasteiger partial charge in [0, 0.05) is 19.6 Å². The highest BCUT2D eigenvalue weighted by Crippen LogP contribution is 2.12. The van der Waals surface area contributed by atoms with Gasteiger partial charge in [0.05, 0.1) is 18.5 Å². The van der Waals surface area contributed by atoms with Crippen LogP contribution in [0.5, 0.6) is 0 Å². The molecule has 2 N–H and O–H groups in total. The van der Waals surface area contributed by atoms with Gasteiger partial charge in [-0.2, -0.15) is 0 Å². The maximum Gasteiger partial charge on any atom is 0.212 e. The van der Waals surface area contributed by atoms with Crippen molar-refractivity contribution in [2.75, 3.05) is 52.1 Å². The van der Waals surface area contributed by atoms with Crippen molar-refractivity contribution in [1.82, 2.24) is 14.9 Å². The minimum absolute atomic E-state index is 0.0296. The van der Waals surface area contributed by atoms with E-state index in [1.807, 2.05) is 7.05 Å². The summed E-state index contributed by atoms with van der Waals surface area (Å²) in [5, 5.41) is 3.25. The van der Waals surface area contributed by atoms with Gasteiger partial charge < -0.3 is 15.0 Å². The van der Waals surface area contributed by atoms with Crippen molar-refractivity contribution in [1.29, 1.82) is 0 Å². The summed E-state index contributed by atoms with van der Waals surface area (Å²) in [6, 6.07) is 0. The van der Waals surface area contributed by atoms with E-state index in [0.29, 0.717) is 13.2 Å². The summed E-state index contributed by atoms with van der Waals surface area (Å²) in [6.07, 6.45) is 2.03. The third-order valence-electron chi connectivity index (χ3n) is 3.73. The number of likely N-dealkylation sites (N-methyl/N-ethyl adjacent to an activating group) is 1. The fourth-order valence-corrected chi connectivity index (χ4v) is 4.11. The van der Waals surface area contributed by atoms with Gasteiger partial charge >= 0.3 is 0 Å². The molecule has 0 aliphatic carbocycles. The molecular weight excluding hydrogens is 266 g/mol. The minimum Gasteiger partial charge on any atom is -0.374 e. The molecule has 0 spiro atoms. The molecule has 2 aliphatic heterocycles. The number of morpholine rings is 1. The predicted octanol–water partition coefficient (Wildman–Crippen LogP) is -0.764. The first-order valence-electron chi connectivity index (χ1n) is 7.03. The van der Waals surface area contributed by atoms with Crippen LogP contribution in [0.1, 0.15) is 12.8 Å². The highest BCUT2D eigenvalue weighted by molar-refractivity contribution is 7.89. The zero-order valence-corrected chi connectivity index (χ0v) is 12.4. The van der Waals surface area contributed by atoms with Crippen LogP contribution in [-0.4, -0.2) is 71.6 Å². The number of piperidine rings is 1. The molecular formula is C12H25N3O3S. The van der Waals surface area contributed by atoms with Crippen LogP contribution in [0.3, 0.4) is 0 Å². The summed E-state index contributed by atoms with van der Waals surface area (Å²) in [4.78, 5) is 2.16. The molecule has 2 rings (SSSR count). The van der Waals surface area contributed by atoms with Crippen LogP contribution in [0.15, 0.2) is 0 Å². The van der Waals surface area contributed by atoms with E-state index in [9.17, 15) is 8.42 Å². The van der Waals surface area contributed by atoms with E-state index in [4.69, 9.17) is 4.74 Å². The Balaban J connectivity index is 1.73. The highest BCUT2D eigenvalue weighted by Gasteiger charge is 2.23. The largest absolute Gasteiger partial charge is 0.374 e. The van der Waals surface area contributed by atoms with E-state index >= 15 is 0 Å². The van der Waals surface area contributed by atoms with Crippen LogP contribution < -0.4 is 10.0 Å². The van der Waals surface area contributed by atoms with Gasteiger partial charge in [0.2, 0.25) is 10.0 Å². The van der Waals surface area contributed by atoms with E-state index in [1.165, 1.54) is 0 Å². The molecule has 2 fully saturated rings. The molecule has 0 aromatic heterocycles. The Kier molecular flexibility index (Phi) is 5.58. The highest BCUT2D eigenvalue weighted by atomic mass is 32.2. The number of nitrogens with one attached hydrogen (secondary N) is 2. The number of nitrogens with zero attached hydrogens (tertiary/aromatic N) is 1. The van der Waals surface area contributed by atoms with Crippen LogP contribution in [0.2, 0.25) is 0 Å². The normalized spacial score (nSPS) is 30.4. The summed E-state index contributed by atoms with van der Waals surface area (Å²) < 4.78 is 32.3. The molecule has 0 aromatic rings. The summed E-state index contributed by atoms with van der Waals surface area (Å²) in [7, 11) is -1.16. The Morgan fingerprint density at radius 2 is 2.32 bits per heavy atom. The Morgan fingerprint density at radius 3 is 3.00 bits per heavy atom. The van der Waals surface area contributed by atoms with E-state index < -0.39 is 10.0 Å². The molecule has 0 saturated carbocycles. The van der Waals surface area contributed by atoms with Gasteiger partial charge in [-0.25, -0.2) is 13.1 Å². The lowest BCUT2D eigenvalue weighted by molar-refractivity contribution is -0.0156. The summed E-state index contributed by atoms with van der Waals surface area (Å²) in [5.74, 6) is 0.462. The number of ether oxygens (including phenoxy) is 1. The SMILES string of the molecule is CN1CCOC(CNS(=O)(=O)CC2CCCNC2)C1. The molecule has 0 radical (unpaired) electrons. The van der Waals surface area contributed by atoms with Crippen molar-refractivity contribution in [2.24, 2.45) is 5.92 Å². The van der Waals surface area contributed by atoms with Crippen molar-refractivity contribution in [3.63, 3.8) is 0 Å². The Morgan fingerprint density at radius 1 is 1.47 bits per heavy atom. The van der Waals surface area contributed by atoms with Crippen molar-refractivity contribution in [3.8, 4) is 0 Å². The molecule has 112 valence electrons. The second-order valence-electron chi connectivity index (χ2n) is 5.60. The van der Waals surface area contributed by atoms with Crippen LogP contribution in [0, 0.1) is 5.92 Å². The lowest BCUT2D eigenvalue weighted by Gasteiger charge is -2.30. The van der Waals surface area contributed by atoms with Crippen LogP contribution >= 0.6 is 0 Å². The van der Waals surface area contributed by atoms with Gasteiger partial charge in [0.25, 0.3) is 0 Å². The van der Waals surface area contributed by atoms with Gasteiger partial charge in [0.15, 0.2) is 0 Å². The number of sulfonamides is 1. The molecule has 0 amide bonds. The van der Waals surface area contributed by atoms with Gasteiger partial charge in [0.1, 0.15) is 0 Å². The zero-order chi connectivity index (χ0) is 13.7. The standard InChI is InChI=1S/C12H25N3O3S/c1-15-5-6-18-12(9-15)8-14-19(16,17)10-11-3-2-4-13-7-11/h11-14H,2-10H2,1H3. The maximum absolute atomic E-state index is 12.0. The molecule has 7 heteroatoms. The van der Waals surface area contributed by atoms with E-state index in [1.54, 1.807) is 0 Å². The van der Waals surface area contributed by atoms with E-state index in [2.05, 4.69) is 14.9 Å². The molecule has 2 aliphatic rings. The number of hydrogen-bond donors (Lipinski definition) is 2. The summed E-state index contributed by atoms with van der Waals surface area (Å²) >= 11 is 0. The molecule has 6 nitrogen and oxygen atoms in total. The smallest absolute Gasteiger partial charge is 0.212 e. The first-order valence-corrected chi connectivity index (χ1v) is 8.68. The fraction of sp³-hybridized carbons (Fsp3) is 1.00. The number of hydrogen-bond acceptors (Lipinski definition) is 5. The van der Waals surface area contributed by atoms with Crippen LogP contribution in [0.4, 0.5) is 0 Å². The minimum atomic E-state index is -3.19. The monoisotopic (exact) mass is 291 g/mol. The van der Waals surface area contributed by atoms with Crippen LogP contribution in [0.25, 0.3) is 0 Å². The first-order chi connectivity index (χ1) is 9.05. The average Bonchev–Trinajstić information content (AvgIpc) is 2.37. The van der Waals surface area contributed by atoms with Gasteiger partial charge in [-0.15, -0.1) is 0 Å². The van der Waals surface area contributed by atoms with Gasteiger partial charge in [-0.05, 0) is 38.9 Å². The molecule has 2 atom stereocenters. The second-order valence-corrected chi connectivity index (χ2v) is 7.45. The molecule has 0 aromatic carbocycles. The maximum atomic E-state index is 12.0. The Hall–Kier alpha value is -0.210. The van der Waals surface area contributed by atoms with Gasteiger partial charge in [-0.3, -0.25) is 0 Å². The van der Waals surface area contributed by atoms with Crippen molar-refractivity contribution < 1.29 is 13.2 Å². The molecule has 19 heavy (non-hydrogen) atoms. The molecule has 0 bridgehead atoms. The van der Waals surface area contributed by atoms with Crippen molar-refractivity contribution >= 4 is 10.0 Å². The third-order valence-corrected chi connectivity index (χ3v) is 5.24. The molecule has 2 heterocycles. The Labute approximate surface area is 115 Å². The second kappa shape index (κ2) is 6.99. The predicted molar refractivity (Wildman–Crippen MR) is 74.6 cm³/mol. The summed E-state index contributed by atoms with van der Waals surface area (Å²) in [6.45, 7) is 4.57. The molecule has 2 unspecified atom stereocenters. The van der Waals surface area contributed by atoms with Gasteiger partial charge in [-0.1, -0.05) is 0 Å². The van der Waals surface area contributed by atoms with E-state index in [-0.39, 0.29) is 17.8 Å². The number of rotatable bonds is 5. The molecule has 2 saturated heterocycles. The summed E-state index contributed by atoms with van der Waals surface area (Å²) in [5.41, 5.74) is 0. The quantitative estimate of drug-likeness (QED) is 0.696. The lowest BCUT2D eigenvalue weighted by atomic mass is 10.0. The Bertz CT molecular complexity index is 368. The third kappa shape index (κ3) is 5.35. The average molecular weight is 291 g/mol. The van der Waals surface area contributed by atoms with Crippen molar-refractivity contribution in [3.05, 3.63) is 0 Å². The van der Waals surface area contributed by atoms with Crippen LogP contribution in [-0.2, 0) is 14.8 Å². The first kappa shape index (κ1) is 15.2. The zero-order valence-electron chi connectivity index (χ0n) is 11.6. The van der Waals surface area contributed by atoms with Crippen molar-refractivity contribution in [2.45, 2.75) is 18.9 Å². The lowest BCUT2D eigenvalue weighted by Crippen LogP contribution is -2.47. The van der Waals surface area contributed by atoms with E-state index in [0.717, 1.165) is 39.0 Å². The fourth-order valence-electron chi connectivity index (χ4n) is 2.65.